The van der Waals surface area contributed by atoms with Gasteiger partial charge in [-0.15, -0.1) is 0 Å². The van der Waals surface area contributed by atoms with Crippen LogP contribution in [0, 0.1) is 0 Å². The molecule has 1 atom stereocenters. The number of nitrogen functional groups attached to an aromatic ring is 1. The van der Waals surface area contributed by atoms with E-state index < -0.39 is 0 Å². The standard InChI is InChI=1S/C13H21N3O2/c1-5-11-6-10(7-12(14)15-11)13(17)16(3)9(2)8-18-4/h6-7,9H,5,8H2,1-4H3,(H2,14,15). The van der Waals surface area contributed by atoms with Crippen molar-refractivity contribution in [3.05, 3.63) is 23.4 Å². The van der Waals surface area contributed by atoms with E-state index in [1.165, 1.54) is 0 Å². The van der Waals surface area contributed by atoms with Gasteiger partial charge in [-0.3, -0.25) is 4.79 Å². The van der Waals surface area contributed by atoms with Crippen molar-refractivity contribution < 1.29 is 9.53 Å². The van der Waals surface area contributed by atoms with Crippen LogP contribution in [0.25, 0.3) is 0 Å². The quantitative estimate of drug-likeness (QED) is 0.857. The third-order valence-electron chi connectivity index (χ3n) is 2.90. The molecule has 0 fully saturated rings. The summed E-state index contributed by atoms with van der Waals surface area (Å²) in [5.74, 6) is 0.314. The van der Waals surface area contributed by atoms with Gasteiger partial charge in [-0.05, 0) is 25.5 Å². The number of hydrogen-bond acceptors (Lipinski definition) is 4. The first kappa shape index (κ1) is 14.4. The molecular formula is C13H21N3O2. The van der Waals surface area contributed by atoms with Gasteiger partial charge in [0.25, 0.3) is 5.91 Å². The summed E-state index contributed by atoms with van der Waals surface area (Å²) in [6.45, 7) is 4.42. The van der Waals surface area contributed by atoms with E-state index in [1.807, 2.05) is 13.8 Å². The highest BCUT2D eigenvalue weighted by atomic mass is 16.5. The highest BCUT2D eigenvalue weighted by Crippen LogP contribution is 2.12. The highest BCUT2D eigenvalue weighted by Gasteiger charge is 2.18. The lowest BCUT2D eigenvalue weighted by atomic mass is 10.1. The number of aryl methyl sites for hydroxylation is 1. The van der Waals surface area contributed by atoms with Gasteiger partial charge in [0.05, 0.1) is 12.6 Å². The summed E-state index contributed by atoms with van der Waals surface area (Å²) in [4.78, 5) is 18.1. The zero-order chi connectivity index (χ0) is 13.7. The third kappa shape index (κ3) is 3.43. The minimum absolute atomic E-state index is 0.0157. The smallest absolute Gasteiger partial charge is 0.254 e. The summed E-state index contributed by atoms with van der Waals surface area (Å²) in [6, 6.07) is 3.41. The number of nitrogens with zero attached hydrogens (tertiary/aromatic N) is 2. The van der Waals surface area contributed by atoms with Gasteiger partial charge in [0, 0.05) is 25.4 Å². The summed E-state index contributed by atoms with van der Waals surface area (Å²) < 4.78 is 5.05. The first-order valence-electron chi connectivity index (χ1n) is 6.02. The summed E-state index contributed by atoms with van der Waals surface area (Å²) in [5, 5.41) is 0. The lowest BCUT2D eigenvalue weighted by Gasteiger charge is -2.24. The van der Waals surface area contributed by atoms with E-state index in [1.54, 1.807) is 31.2 Å². The van der Waals surface area contributed by atoms with Crippen molar-refractivity contribution in [2.75, 3.05) is 26.5 Å². The Balaban J connectivity index is 2.92. The summed E-state index contributed by atoms with van der Waals surface area (Å²) >= 11 is 0. The van der Waals surface area contributed by atoms with Crippen molar-refractivity contribution in [2.24, 2.45) is 0 Å². The van der Waals surface area contributed by atoms with Crippen LogP contribution >= 0.6 is 0 Å². The van der Waals surface area contributed by atoms with Crippen molar-refractivity contribution in [3.8, 4) is 0 Å². The molecule has 0 bridgehead atoms. The molecule has 5 heteroatoms. The van der Waals surface area contributed by atoms with Crippen LogP contribution in [0.3, 0.4) is 0 Å². The molecule has 1 heterocycles. The topological polar surface area (TPSA) is 68.5 Å². The molecule has 0 saturated carbocycles. The predicted octanol–water partition coefficient (Wildman–Crippen LogP) is 1.33. The Labute approximate surface area is 108 Å². The summed E-state index contributed by atoms with van der Waals surface area (Å²) in [5.41, 5.74) is 7.10. The summed E-state index contributed by atoms with van der Waals surface area (Å²) in [7, 11) is 3.38. The number of carbonyl (C=O) groups is 1. The van der Waals surface area contributed by atoms with Crippen LogP contribution in [0.1, 0.15) is 29.9 Å². The van der Waals surface area contributed by atoms with E-state index in [2.05, 4.69) is 4.98 Å². The van der Waals surface area contributed by atoms with E-state index in [4.69, 9.17) is 10.5 Å². The fraction of sp³-hybridized carbons (Fsp3) is 0.538. The molecule has 1 rings (SSSR count). The van der Waals surface area contributed by atoms with Crippen molar-refractivity contribution in [1.29, 1.82) is 0 Å². The lowest BCUT2D eigenvalue weighted by molar-refractivity contribution is 0.0633. The van der Waals surface area contributed by atoms with Crippen LogP contribution < -0.4 is 5.73 Å². The number of nitrogens with two attached hydrogens (primary N) is 1. The van der Waals surface area contributed by atoms with E-state index in [-0.39, 0.29) is 11.9 Å². The number of likely N-dealkylation sites (N-methyl/N-ethyl adjacent to an activating group) is 1. The third-order valence-corrected chi connectivity index (χ3v) is 2.90. The van der Waals surface area contributed by atoms with Crippen molar-refractivity contribution >= 4 is 11.7 Å². The number of anilines is 1. The first-order chi connectivity index (χ1) is 8.49. The fourth-order valence-electron chi connectivity index (χ4n) is 1.67. The number of rotatable bonds is 5. The van der Waals surface area contributed by atoms with Gasteiger partial charge in [-0.2, -0.15) is 0 Å². The lowest BCUT2D eigenvalue weighted by Crippen LogP contribution is -2.37. The van der Waals surface area contributed by atoms with Crippen molar-refractivity contribution in [1.82, 2.24) is 9.88 Å². The Kier molecular flexibility index (Phi) is 5.09. The van der Waals surface area contributed by atoms with Crippen LogP contribution in [0.15, 0.2) is 12.1 Å². The van der Waals surface area contributed by atoms with Gasteiger partial charge in [0.1, 0.15) is 5.82 Å². The monoisotopic (exact) mass is 251 g/mol. The maximum absolute atomic E-state index is 12.3. The second kappa shape index (κ2) is 6.35. The van der Waals surface area contributed by atoms with Gasteiger partial charge in [0.15, 0.2) is 0 Å². The first-order valence-corrected chi connectivity index (χ1v) is 6.02. The largest absolute Gasteiger partial charge is 0.384 e. The van der Waals surface area contributed by atoms with Gasteiger partial charge < -0.3 is 15.4 Å². The van der Waals surface area contributed by atoms with Crippen LogP contribution in [-0.2, 0) is 11.2 Å². The van der Waals surface area contributed by atoms with Gasteiger partial charge >= 0.3 is 0 Å². The molecule has 1 unspecified atom stereocenters. The second-order valence-corrected chi connectivity index (χ2v) is 4.35. The normalized spacial score (nSPS) is 12.2. The molecular weight excluding hydrogens is 230 g/mol. The molecule has 0 aromatic carbocycles. The van der Waals surface area contributed by atoms with Gasteiger partial charge in [-0.25, -0.2) is 4.98 Å². The molecule has 0 spiro atoms. The number of pyridine rings is 1. The molecule has 1 aromatic rings. The van der Waals surface area contributed by atoms with Crippen LogP contribution in [0.4, 0.5) is 5.82 Å². The average Bonchev–Trinajstić information content (AvgIpc) is 2.36. The predicted molar refractivity (Wildman–Crippen MR) is 71.5 cm³/mol. The number of hydrogen-bond donors (Lipinski definition) is 1. The maximum Gasteiger partial charge on any atom is 0.254 e. The van der Waals surface area contributed by atoms with E-state index in [0.717, 1.165) is 12.1 Å². The molecule has 5 nitrogen and oxygen atoms in total. The Bertz CT molecular complexity index is 421. The molecule has 2 N–H and O–H groups in total. The Morgan fingerprint density at radius 2 is 2.22 bits per heavy atom. The van der Waals surface area contributed by atoms with Crippen molar-refractivity contribution in [2.45, 2.75) is 26.3 Å². The molecule has 100 valence electrons. The average molecular weight is 251 g/mol. The number of ether oxygens (including phenoxy) is 1. The maximum atomic E-state index is 12.3. The molecule has 0 aliphatic carbocycles. The van der Waals surface area contributed by atoms with Crippen molar-refractivity contribution in [3.63, 3.8) is 0 Å². The number of amides is 1. The number of aromatic nitrogens is 1. The molecule has 0 radical (unpaired) electrons. The zero-order valence-corrected chi connectivity index (χ0v) is 11.4. The number of methoxy groups -OCH3 is 1. The number of carbonyl (C=O) groups excluding carboxylic acids is 1. The molecule has 0 aliphatic rings. The second-order valence-electron chi connectivity index (χ2n) is 4.35. The molecule has 1 amide bonds. The van der Waals surface area contributed by atoms with E-state index in [9.17, 15) is 4.79 Å². The summed E-state index contributed by atoms with van der Waals surface area (Å²) in [6.07, 6.45) is 0.753. The van der Waals surface area contributed by atoms with Gasteiger partial charge in [-0.1, -0.05) is 6.92 Å². The van der Waals surface area contributed by atoms with Crippen LogP contribution in [0.5, 0.6) is 0 Å². The fourth-order valence-corrected chi connectivity index (χ4v) is 1.67. The van der Waals surface area contributed by atoms with Crippen LogP contribution in [0.2, 0.25) is 0 Å². The SMILES string of the molecule is CCc1cc(C(=O)N(C)C(C)COC)cc(N)n1. The van der Waals surface area contributed by atoms with E-state index in [0.29, 0.717) is 18.0 Å². The zero-order valence-electron chi connectivity index (χ0n) is 11.4. The highest BCUT2D eigenvalue weighted by molar-refractivity contribution is 5.95. The van der Waals surface area contributed by atoms with Gasteiger partial charge in [0.2, 0.25) is 0 Å². The minimum atomic E-state index is -0.0663. The Morgan fingerprint density at radius 1 is 1.56 bits per heavy atom. The molecule has 18 heavy (non-hydrogen) atoms. The minimum Gasteiger partial charge on any atom is -0.384 e. The molecule has 0 aliphatic heterocycles. The van der Waals surface area contributed by atoms with Crippen LogP contribution in [-0.4, -0.2) is 42.6 Å². The molecule has 0 saturated heterocycles. The van der Waals surface area contributed by atoms with E-state index >= 15 is 0 Å². The molecule has 1 aromatic heterocycles. The Hall–Kier alpha value is -1.62. The Morgan fingerprint density at radius 3 is 2.78 bits per heavy atom.